The second-order valence-electron chi connectivity index (χ2n) is 6.18. The van der Waals surface area contributed by atoms with Gasteiger partial charge in [-0.2, -0.15) is 0 Å². The monoisotopic (exact) mass is 352 g/mol. The smallest absolute Gasteiger partial charge is 0.167 e. The lowest BCUT2D eigenvalue weighted by molar-refractivity contribution is -0.142. The number of hydrogen-bond donors (Lipinski definition) is 0. The molecule has 114 valence electrons. The molecule has 2 fully saturated rings. The number of aryl methyl sites for hydroxylation is 1. The van der Waals surface area contributed by atoms with E-state index in [2.05, 4.69) is 15.9 Å². The largest absolute Gasteiger partial charge is 0.381 e. The van der Waals surface area contributed by atoms with Crippen LogP contribution in [0, 0.1) is 12.8 Å². The molecule has 0 amide bonds. The second kappa shape index (κ2) is 6.19. The lowest BCUT2D eigenvalue weighted by Crippen LogP contribution is -2.45. The van der Waals surface area contributed by atoms with Crippen LogP contribution in [0.1, 0.15) is 41.6 Å². The van der Waals surface area contributed by atoms with Crippen molar-refractivity contribution in [2.45, 2.75) is 38.2 Å². The highest BCUT2D eigenvalue weighted by atomic mass is 79.9. The van der Waals surface area contributed by atoms with Gasteiger partial charge < -0.3 is 9.47 Å². The normalized spacial score (nSPS) is 25.0. The van der Waals surface area contributed by atoms with E-state index in [9.17, 15) is 4.79 Å². The molecule has 2 aliphatic heterocycles. The number of rotatable bonds is 2. The number of carbonyl (C=O) groups excluding carboxylic acids is 1. The molecule has 21 heavy (non-hydrogen) atoms. The summed E-state index contributed by atoms with van der Waals surface area (Å²) in [6, 6.07) is 5.97. The molecule has 1 spiro atoms. The minimum absolute atomic E-state index is 0.0648. The molecule has 1 aromatic carbocycles. The molecule has 0 saturated carbocycles. The van der Waals surface area contributed by atoms with Crippen LogP contribution in [0.5, 0.6) is 0 Å². The third-order valence-corrected chi connectivity index (χ3v) is 5.35. The summed E-state index contributed by atoms with van der Waals surface area (Å²) in [5, 5.41) is 0. The van der Waals surface area contributed by atoms with Gasteiger partial charge in [0, 0.05) is 35.8 Å². The zero-order chi connectivity index (χ0) is 14.9. The predicted molar refractivity (Wildman–Crippen MR) is 84.7 cm³/mol. The zero-order valence-electron chi connectivity index (χ0n) is 12.4. The molecule has 1 atom stereocenters. The fraction of sp³-hybridized carbons (Fsp3) is 0.588. The van der Waals surface area contributed by atoms with Gasteiger partial charge in [0.15, 0.2) is 5.78 Å². The average Bonchev–Trinajstić information content (AvgIpc) is 2.50. The predicted octanol–water partition coefficient (Wildman–Crippen LogP) is 3.92. The molecule has 2 aliphatic rings. The Morgan fingerprint density at radius 1 is 1.29 bits per heavy atom. The molecule has 0 aliphatic carbocycles. The molecule has 1 unspecified atom stereocenters. The van der Waals surface area contributed by atoms with Crippen molar-refractivity contribution < 1.29 is 14.3 Å². The molecule has 3 rings (SSSR count). The van der Waals surface area contributed by atoms with Crippen LogP contribution in [-0.4, -0.2) is 31.2 Å². The van der Waals surface area contributed by atoms with Gasteiger partial charge in [0.05, 0.1) is 5.60 Å². The molecule has 2 saturated heterocycles. The summed E-state index contributed by atoms with van der Waals surface area (Å²) in [6.07, 6.45) is 3.47. The summed E-state index contributed by atoms with van der Waals surface area (Å²) in [4.78, 5) is 12.9. The number of Topliss-reactive ketones (excluding diaryl/α,β-unsaturated/α-hetero) is 1. The first-order chi connectivity index (χ1) is 10.1. The molecular formula is C17H21BrO3. The summed E-state index contributed by atoms with van der Waals surface area (Å²) in [6.45, 7) is 4.19. The van der Waals surface area contributed by atoms with Crippen molar-refractivity contribution in [2.75, 3.05) is 19.8 Å². The lowest BCUT2D eigenvalue weighted by atomic mass is 9.78. The molecular weight excluding hydrogens is 332 g/mol. The minimum Gasteiger partial charge on any atom is -0.381 e. The quantitative estimate of drug-likeness (QED) is 0.756. The van der Waals surface area contributed by atoms with Crippen molar-refractivity contribution in [1.29, 1.82) is 0 Å². The highest BCUT2D eigenvalue weighted by Gasteiger charge is 2.41. The van der Waals surface area contributed by atoms with Crippen molar-refractivity contribution >= 4 is 21.7 Å². The van der Waals surface area contributed by atoms with E-state index in [4.69, 9.17) is 9.47 Å². The molecule has 4 heteroatoms. The van der Waals surface area contributed by atoms with Crippen LogP contribution < -0.4 is 0 Å². The van der Waals surface area contributed by atoms with Gasteiger partial charge in [-0.15, -0.1) is 0 Å². The molecule has 2 heterocycles. The van der Waals surface area contributed by atoms with Gasteiger partial charge in [0.25, 0.3) is 0 Å². The van der Waals surface area contributed by atoms with E-state index in [1.807, 2.05) is 25.1 Å². The Balaban J connectivity index is 1.79. The first-order valence-electron chi connectivity index (χ1n) is 7.62. The number of ether oxygens (including phenoxy) is 2. The maximum atomic E-state index is 12.9. The lowest BCUT2D eigenvalue weighted by Gasteiger charge is -2.43. The summed E-state index contributed by atoms with van der Waals surface area (Å²) in [7, 11) is 0. The van der Waals surface area contributed by atoms with Crippen molar-refractivity contribution in [1.82, 2.24) is 0 Å². The van der Waals surface area contributed by atoms with E-state index in [0.717, 1.165) is 54.5 Å². The third-order valence-electron chi connectivity index (χ3n) is 4.66. The SMILES string of the molecule is Cc1ccc(Br)c(C(=O)C2CCOC3(CCOCC3)C2)c1. The summed E-state index contributed by atoms with van der Waals surface area (Å²) in [5.41, 5.74) is 1.80. The second-order valence-corrected chi connectivity index (χ2v) is 7.04. The van der Waals surface area contributed by atoms with Crippen LogP contribution in [0.2, 0.25) is 0 Å². The highest BCUT2D eigenvalue weighted by Crippen LogP contribution is 2.38. The Bertz CT molecular complexity index is 529. The van der Waals surface area contributed by atoms with E-state index in [0.29, 0.717) is 6.61 Å². The maximum absolute atomic E-state index is 12.9. The van der Waals surface area contributed by atoms with E-state index in [1.165, 1.54) is 0 Å². The number of halogens is 1. The van der Waals surface area contributed by atoms with Gasteiger partial charge in [0.1, 0.15) is 0 Å². The molecule has 0 aromatic heterocycles. The fourth-order valence-electron chi connectivity index (χ4n) is 3.39. The van der Waals surface area contributed by atoms with Crippen LogP contribution in [-0.2, 0) is 9.47 Å². The molecule has 1 aromatic rings. The van der Waals surface area contributed by atoms with Gasteiger partial charge in [-0.25, -0.2) is 0 Å². The van der Waals surface area contributed by atoms with Crippen molar-refractivity contribution in [3.05, 3.63) is 33.8 Å². The Morgan fingerprint density at radius 3 is 2.81 bits per heavy atom. The minimum atomic E-state index is -0.132. The Kier molecular flexibility index (Phi) is 4.48. The van der Waals surface area contributed by atoms with E-state index in [1.54, 1.807) is 0 Å². The molecule has 3 nitrogen and oxygen atoms in total. The summed E-state index contributed by atoms with van der Waals surface area (Å²) in [5.74, 6) is 0.315. The van der Waals surface area contributed by atoms with Crippen LogP contribution in [0.15, 0.2) is 22.7 Å². The Labute approximate surface area is 134 Å². The van der Waals surface area contributed by atoms with E-state index >= 15 is 0 Å². The van der Waals surface area contributed by atoms with Gasteiger partial charge in [-0.3, -0.25) is 4.79 Å². The first-order valence-corrected chi connectivity index (χ1v) is 8.41. The maximum Gasteiger partial charge on any atom is 0.167 e. The van der Waals surface area contributed by atoms with Gasteiger partial charge in [0.2, 0.25) is 0 Å². The van der Waals surface area contributed by atoms with E-state index in [-0.39, 0.29) is 17.3 Å². The Hall–Kier alpha value is -0.710. The van der Waals surface area contributed by atoms with Crippen molar-refractivity contribution in [3.63, 3.8) is 0 Å². The number of hydrogen-bond acceptors (Lipinski definition) is 3. The van der Waals surface area contributed by atoms with Gasteiger partial charge >= 0.3 is 0 Å². The van der Waals surface area contributed by atoms with Crippen LogP contribution in [0.4, 0.5) is 0 Å². The standard InChI is InChI=1S/C17H21BrO3/c1-12-2-3-15(18)14(10-12)16(19)13-4-7-21-17(11-13)5-8-20-9-6-17/h2-3,10,13H,4-9,11H2,1H3. The number of ketones is 1. The molecule has 0 radical (unpaired) electrons. The Morgan fingerprint density at radius 2 is 2.05 bits per heavy atom. The van der Waals surface area contributed by atoms with Crippen molar-refractivity contribution in [2.24, 2.45) is 5.92 Å². The number of benzene rings is 1. The highest BCUT2D eigenvalue weighted by molar-refractivity contribution is 9.10. The van der Waals surface area contributed by atoms with E-state index < -0.39 is 0 Å². The molecule has 0 N–H and O–H groups in total. The summed E-state index contributed by atoms with van der Waals surface area (Å²) >= 11 is 3.51. The molecule has 0 bridgehead atoms. The van der Waals surface area contributed by atoms with Gasteiger partial charge in [-0.1, -0.05) is 27.6 Å². The van der Waals surface area contributed by atoms with Crippen LogP contribution >= 0.6 is 15.9 Å². The van der Waals surface area contributed by atoms with Crippen molar-refractivity contribution in [3.8, 4) is 0 Å². The zero-order valence-corrected chi connectivity index (χ0v) is 13.9. The van der Waals surface area contributed by atoms with Gasteiger partial charge in [-0.05, 0) is 44.7 Å². The number of carbonyl (C=O) groups is 1. The summed E-state index contributed by atoms with van der Waals surface area (Å²) < 4.78 is 12.4. The average molecular weight is 353 g/mol. The van der Waals surface area contributed by atoms with Crippen LogP contribution in [0.3, 0.4) is 0 Å². The fourth-order valence-corrected chi connectivity index (χ4v) is 3.83. The topological polar surface area (TPSA) is 35.5 Å². The third kappa shape index (κ3) is 3.22. The van der Waals surface area contributed by atoms with Crippen LogP contribution in [0.25, 0.3) is 0 Å². The first kappa shape index (κ1) is 15.2.